The largest absolute Gasteiger partial charge is 0.322 e. The lowest BCUT2D eigenvalue weighted by Gasteiger charge is -2.07. The van der Waals surface area contributed by atoms with E-state index in [1.807, 2.05) is 6.07 Å². The number of para-hydroxylation sites is 1. The van der Waals surface area contributed by atoms with E-state index in [-0.39, 0.29) is 11.7 Å². The van der Waals surface area contributed by atoms with Gasteiger partial charge in [0, 0.05) is 16.6 Å². The lowest BCUT2D eigenvalue weighted by atomic mass is 10.1. The molecule has 0 aliphatic carbocycles. The monoisotopic (exact) mass is 279 g/mol. The average molecular weight is 279 g/mol. The molecule has 1 heterocycles. The van der Waals surface area contributed by atoms with Crippen LogP contribution in [0.15, 0.2) is 48.7 Å². The van der Waals surface area contributed by atoms with E-state index in [4.69, 9.17) is 0 Å². The smallest absolute Gasteiger partial charge is 0.257 e. The number of benzene rings is 2. The minimum atomic E-state index is -0.245. The molecule has 3 rings (SSSR count). The molecule has 0 aliphatic rings. The van der Waals surface area contributed by atoms with Crippen LogP contribution in [0.25, 0.3) is 10.9 Å². The van der Waals surface area contributed by atoms with Crippen molar-refractivity contribution < 1.29 is 9.59 Å². The van der Waals surface area contributed by atoms with Crippen LogP contribution in [-0.2, 0) is 0 Å². The molecule has 0 atom stereocenters. The summed E-state index contributed by atoms with van der Waals surface area (Å²) in [6, 6.07) is 12.3. The van der Waals surface area contributed by atoms with Gasteiger partial charge in [0.15, 0.2) is 5.78 Å². The third-order valence-corrected chi connectivity index (χ3v) is 3.25. The van der Waals surface area contributed by atoms with Gasteiger partial charge in [-0.15, -0.1) is 0 Å². The number of ketones is 1. The van der Waals surface area contributed by atoms with Crippen LogP contribution >= 0.6 is 0 Å². The number of rotatable bonds is 3. The number of H-pyrrole nitrogens is 1. The van der Waals surface area contributed by atoms with Crippen LogP contribution in [0.2, 0.25) is 0 Å². The second-order valence-corrected chi connectivity index (χ2v) is 4.73. The van der Waals surface area contributed by atoms with Crippen molar-refractivity contribution in [2.24, 2.45) is 0 Å². The molecule has 2 aromatic carbocycles. The maximum Gasteiger partial charge on any atom is 0.257 e. The molecule has 1 amide bonds. The number of nitrogens with zero attached hydrogens (tertiary/aromatic N) is 1. The molecule has 21 heavy (non-hydrogen) atoms. The zero-order valence-corrected chi connectivity index (χ0v) is 11.4. The summed E-state index contributed by atoms with van der Waals surface area (Å²) >= 11 is 0. The molecule has 0 saturated carbocycles. The van der Waals surface area contributed by atoms with E-state index in [0.29, 0.717) is 22.3 Å². The number of hydrogen-bond donors (Lipinski definition) is 2. The van der Waals surface area contributed by atoms with E-state index < -0.39 is 0 Å². The highest BCUT2D eigenvalue weighted by Crippen LogP contribution is 2.18. The van der Waals surface area contributed by atoms with Crippen LogP contribution in [0, 0.1) is 0 Å². The lowest BCUT2D eigenvalue weighted by Crippen LogP contribution is -2.12. The zero-order chi connectivity index (χ0) is 14.8. The molecule has 0 saturated heterocycles. The molecule has 104 valence electrons. The summed E-state index contributed by atoms with van der Waals surface area (Å²) in [5.74, 6) is -0.285. The van der Waals surface area contributed by atoms with Gasteiger partial charge in [-0.3, -0.25) is 14.7 Å². The van der Waals surface area contributed by atoms with Crippen LogP contribution in [0.1, 0.15) is 27.6 Å². The Balaban J connectivity index is 1.91. The maximum atomic E-state index is 12.4. The first-order valence-corrected chi connectivity index (χ1v) is 6.49. The molecule has 0 spiro atoms. The van der Waals surface area contributed by atoms with E-state index in [2.05, 4.69) is 15.5 Å². The van der Waals surface area contributed by atoms with E-state index in [0.717, 1.165) is 5.39 Å². The highest BCUT2D eigenvalue weighted by atomic mass is 16.1. The summed E-state index contributed by atoms with van der Waals surface area (Å²) in [5, 5.41) is 10.4. The number of aromatic nitrogens is 2. The average Bonchev–Trinajstić information content (AvgIpc) is 2.95. The van der Waals surface area contributed by atoms with Gasteiger partial charge in [-0.25, -0.2) is 0 Å². The first-order chi connectivity index (χ1) is 10.1. The molecular weight excluding hydrogens is 266 g/mol. The van der Waals surface area contributed by atoms with Gasteiger partial charge >= 0.3 is 0 Å². The molecule has 1 aromatic heterocycles. The summed E-state index contributed by atoms with van der Waals surface area (Å²) in [5.41, 5.74) is 2.35. The second kappa shape index (κ2) is 5.20. The predicted octanol–water partition coefficient (Wildman–Crippen LogP) is 3.02. The number of nitrogens with one attached hydrogen (secondary N) is 2. The van der Waals surface area contributed by atoms with Crippen LogP contribution in [0.4, 0.5) is 5.69 Å². The third kappa shape index (κ3) is 2.53. The van der Waals surface area contributed by atoms with Gasteiger partial charge in [-0.2, -0.15) is 5.10 Å². The van der Waals surface area contributed by atoms with E-state index in [1.165, 1.54) is 6.92 Å². The Hall–Kier alpha value is -2.95. The number of anilines is 1. The van der Waals surface area contributed by atoms with E-state index >= 15 is 0 Å². The summed E-state index contributed by atoms with van der Waals surface area (Å²) in [6.45, 7) is 1.49. The van der Waals surface area contributed by atoms with Crippen LogP contribution in [0.5, 0.6) is 0 Å². The number of carbonyl (C=O) groups is 2. The van der Waals surface area contributed by atoms with Crippen molar-refractivity contribution in [2.75, 3.05) is 5.32 Å². The molecule has 0 fully saturated rings. The van der Waals surface area contributed by atoms with Gasteiger partial charge in [0.2, 0.25) is 0 Å². The Morgan fingerprint density at radius 3 is 2.76 bits per heavy atom. The Morgan fingerprint density at radius 1 is 1.14 bits per heavy atom. The SMILES string of the molecule is CC(=O)c1cccc(NC(=O)c2cccc3cn[nH]c23)c1. The Bertz CT molecular complexity index is 836. The normalized spacial score (nSPS) is 10.5. The number of fused-ring (bicyclic) bond motifs is 1. The maximum absolute atomic E-state index is 12.4. The fourth-order valence-corrected chi connectivity index (χ4v) is 2.17. The summed E-state index contributed by atoms with van der Waals surface area (Å²) < 4.78 is 0. The molecular formula is C16H13N3O2. The van der Waals surface area contributed by atoms with Crippen molar-refractivity contribution in [2.45, 2.75) is 6.92 Å². The fraction of sp³-hybridized carbons (Fsp3) is 0.0625. The summed E-state index contributed by atoms with van der Waals surface area (Å²) in [7, 11) is 0. The van der Waals surface area contributed by atoms with Crippen molar-refractivity contribution in [3.05, 3.63) is 59.8 Å². The molecule has 3 aromatic rings. The minimum Gasteiger partial charge on any atom is -0.322 e. The quantitative estimate of drug-likeness (QED) is 0.724. The Labute approximate surface area is 121 Å². The first kappa shape index (κ1) is 13.1. The first-order valence-electron chi connectivity index (χ1n) is 6.49. The van der Waals surface area contributed by atoms with Crippen molar-refractivity contribution >= 4 is 28.3 Å². The summed E-state index contributed by atoms with van der Waals surface area (Å²) in [6.07, 6.45) is 1.67. The minimum absolute atomic E-state index is 0.0400. The molecule has 0 radical (unpaired) electrons. The van der Waals surface area contributed by atoms with Crippen LogP contribution in [-0.4, -0.2) is 21.9 Å². The van der Waals surface area contributed by atoms with Gasteiger partial charge < -0.3 is 5.32 Å². The van der Waals surface area contributed by atoms with Crippen LogP contribution < -0.4 is 5.32 Å². The molecule has 5 heteroatoms. The molecule has 0 aliphatic heterocycles. The number of aromatic amines is 1. The molecule has 2 N–H and O–H groups in total. The highest BCUT2D eigenvalue weighted by molar-refractivity contribution is 6.12. The van der Waals surface area contributed by atoms with Gasteiger partial charge in [0.05, 0.1) is 17.3 Å². The topological polar surface area (TPSA) is 74.8 Å². The van der Waals surface area contributed by atoms with E-state index in [1.54, 1.807) is 42.6 Å². The number of amides is 1. The lowest BCUT2D eigenvalue weighted by molar-refractivity contribution is 0.101. The zero-order valence-electron chi connectivity index (χ0n) is 11.4. The molecule has 0 unspecified atom stereocenters. The van der Waals surface area contributed by atoms with Crippen molar-refractivity contribution in [3.8, 4) is 0 Å². The molecule has 0 bridgehead atoms. The fourth-order valence-electron chi connectivity index (χ4n) is 2.17. The van der Waals surface area contributed by atoms with Gasteiger partial charge in [0.1, 0.15) is 0 Å². The third-order valence-electron chi connectivity index (χ3n) is 3.25. The standard InChI is InChI=1S/C16H13N3O2/c1-10(20)11-4-2-6-13(8-11)18-16(21)14-7-3-5-12-9-17-19-15(12)14/h2-9H,1H3,(H,17,19)(H,18,21). The predicted molar refractivity (Wildman–Crippen MR) is 80.5 cm³/mol. The second-order valence-electron chi connectivity index (χ2n) is 4.73. The summed E-state index contributed by atoms with van der Waals surface area (Å²) in [4.78, 5) is 23.7. The highest BCUT2D eigenvalue weighted by Gasteiger charge is 2.12. The number of hydrogen-bond acceptors (Lipinski definition) is 3. The van der Waals surface area contributed by atoms with Crippen molar-refractivity contribution in [1.29, 1.82) is 0 Å². The molecule has 5 nitrogen and oxygen atoms in total. The van der Waals surface area contributed by atoms with Crippen molar-refractivity contribution in [3.63, 3.8) is 0 Å². The number of carbonyl (C=O) groups excluding carboxylic acids is 2. The van der Waals surface area contributed by atoms with Crippen LogP contribution in [0.3, 0.4) is 0 Å². The number of Topliss-reactive ketones (excluding diaryl/α,β-unsaturated/α-hetero) is 1. The Morgan fingerprint density at radius 2 is 1.95 bits per heavy atom. The van der Waals surface area contributed by atoms with Gasteiger partial charge in [-0.1, -0.05) is 24.3 Å². The van der Waals surface area contributed by atoms with Gasteiger partial charge in [-0.05, 0) is 25.1 Å². The Kier molecular flexibility index (Phi) is 3.23. The van der Waals surface area contributed by atoms with E-state index in [9.17, 15) is 9.59 Å². The van der Waals surface area contributed by atoms with Gasteiger partial charge in [0.25, 0.3) is 5.91 Å². The van der Waals surface area contributed by atoms with Crippen molar-refractivity contribution in [1.82, 2.24) is 10.2 Å².